The lowest BCUT2D eigenvalue weighted by molar-refractivity contribution is -0.259. The molecule has 0 bridgehead atoms. The summed E-state index contributed by atoms with van der Waals surface area (Å²) >= 11 is 0. The maximum absolute atomic E-state index is 11.0. The van der Waals surface area contributed by atoms with Crippen molar-refractivity contribution in [1.82, 2.24) is 0 Å². The number of azide groups is 1. The number of rotatable bonds is 11. The average molecular weight is 476 g/mol. The third-order valence-electron chi connectivity index (χ3n) is 5.76. The summed E-state index contributed by atoms with van der Waals surface area (Å²) < 4.78 is 24.3. The molecule has 0 aromatic heterocycles. The fourth-order valence-corrected chi connectivity index (χ4v) is 3.98. The van der Waals surface area contributed by atoms with Crippen molar-refractivity contribution >= 4 is 0 Å². The Morgan fingerprint density at radius 3 is 1.74 bits per heavy atom. The molecule has 0 spiro atoms. The Balaban J connectivity index is 1.52. The van der Waals surface area contributed by atoms with Gasteiger partial charge in [-0.15, -0.1) is 0 Å². The summed E-state index contributed by atoms with van der Waals surface area (Å²) in [6, 6.07) is 29.2. The SMILES string of the molecule is [N-]=[N+]=N[C@@H]1O[C@H](COCc2ccccc2)[C@@H](OCc2ccccc2)[C@H](OCc2ccccc2)[C@H]1O. The van der Waals surface area contributed by atoms with Crippen LogP contribution in [-0.2, 0) is 38.8 Å². The standard InChI is InChI=1S/C27H29N3O5/c28-30-29-27-24(31)26(34-18-22-14-8-3-9-15-22)25(33-17-21-12-6-2-7-13-21)23(35-27)19-32-16-20-10-4-1-5-11-20/h1-15,23-27,31H,16-19H2/t23-,24-,25-,26-,27-/m1/s1. The van der Waals surface area contributed by atoms with Crippen LogP contribution in [0.3, 0.4) is 0 Å². The highest BCUT2D eigenvalue weighted by molar-refractivity contribution is 5.15. The van der Waals surface area contributed by atoms with Gasteiger partial charge in [-0.05, 0) is 22.2 Å². The van der Waals surface area contributed by atoms with Gasteiger partial charge in [0.05, 0.1) is 26.4 Å². The fourth-order valence-electron chi connectivity index (χ4n) is 3.98. The molecular weight excluding hydrogens is 446 g/mol. The predicted octanol–water partition coefficient (Wildman–Crippen LogP) is 4.77. The first-order chi connectivity index (χ1) is 17.2. The zero-order valence-corrected chi connectivity index (χ0v) is 19.3. The number of ether oxygens (including phenoxy) is 4. The quantitative estimate of drug-likeness (QED) is 0.244. The van der Waals surface area contributed by atoms with E-state index in [0.29, 0.717) is 13.2 Å². The maximum Gasteiger partial charge on any atom is 0.165 e. The zero-order valence-electron chi connectivity index (χ0n) is 19.3. The molecule has 3 aromatic carbocycles. The van der Waals surface area contributed by atoms with Gasteiger partial charge in [-0.1, -0.05) is 96.1 Å². The van der Waals surface area contributed by atoms with E-state index in [-0.39, 0.29) is 13.2 Å². The molecule has 182 valence electrons. The number of nitrogens with zero attached hydrogens (tertiary/aromatic N) is 3. The summed E-state index contributed by atoms with van der Waals surface area (Å²) in [6.45, 7) is 1.11. The van der Waals surface area contributed by atoms with Crippen molar-refractivity contribution in [3.8, 4) is 0 Å². The highest BCUT2D eigenvalue weighted by atomic mass is 16.6. The van der Waals surface area contributed by atoms with Crippen molar-refractivity contribution in [2.75, 3.05) is 6.61 Å². The second-order valence-corrected chi connectivity index (χ2v) is 8.28. The zero-order chi connectivity index (χ0) is 24.3. The van der Waals surface area contributed by atoms with Crippen LogP contribution in [0.1, 0.15) is 16.7 Å². The van der Waals surface area contributed by atoms with Crippen LogP contribution in [0, 0.1) is 0 Å². The van der Waals surface area contributed by atoms with Gasteiger partial charge < -0.3 is 24.1 Å². The van der Waals surface area contributed by atoms with Gasteiger partial charge in [-0.3, -0.25) is 0 Å². The molecule has 0 amide bonds. The molecule has 1 heterocycles. The van der Waals surface area contributed by atoms with Gasteiger partial charge in [0.25, 0.3) is 0 Å². The molecule has 1 aliphatic heterocycles. The number of aliphatic hydroxyl groups excluding tert-OH is 1. The van der Waals surface area contributed by atoms with Crippen molar-refractivity contribution in [2.24, 2.45) is 5.11 Å². The van der Waals surface area contributed by atoms with E-state index in [9.17, 15) is 5.11 Å². The van der Waals surface area contributed by atoms with Gasteiger partial charge in [0, 0.05) is 4.91 Å². The first-order valence-corrected chi connectivity index (χ1v) is 11.5. The minimum atomic E-state index is -1.21. The lowest BCUT2D eigenvalue weighted by Crippen LogP contribution is -2.59. The number of benzene rings is 3. The summed E-state index contributed by atoms with van der Waals surface area (Å²) in [5, 5.41) is 14.6. The molecule has 35 heavy (non-hydrogen) atoms. The summed E-state index contributed by atoms with van der Waals surface area (Å²) in [6.07, 6.45) is -4.41. The van der Waals surface area contributed by atoms with E-state index in [4.69, 9.17) is 24.5 Å². The molecule has 0 saturated carbocycles. The van der Waals surface area contributed by atoms with Gasteiger partial charge in [0.15, 0.2) is 6.23 Å². The lowest BCUT2D eigenvalue weighted by Gasteiger charge is -2.43. The van der Waals surface area contributed by atoms with E-state index < -0.39 is 30.6 Å². The topological polar surface area (TPSA) is 106 Å². The Kier molecular flexibility index (Phi) is 9.25. The van der Waals surface area contributed by atoms with Crippen molar-refractivity contribution in [3.63, 3.8) is 0 Å². The largest absolute Gasteiger partial charge is 0.387 e. The Hall–Kier alpha value is -3.23. The molecule has 0 radical (unpaired) electrons. The monoisotopic (exact) mass is 475 g/mol. The Labute approximate surface area is 204 Å². The van der Waals surface area contributed by atoms with Gasteiger partial charge in [-0.2, -0.15) is 0 Å². The van der Waals surface area contributed by atoms with Crippen molar-refractivity contribution in [1.29, 1.82) is 0 Å². The van der Waals surface area contributed by atoms with Crippen LogP contribution < -0.4 is 0 Å². The third-order valence-corrected chi connectivity index (χ3v) is 5.76. The maximum atomic E-state index is 11.0. The number of aliphatic hydroxyl groups is 1. The van der Waals surface area contributed by atoms with Crippen LogP contribution in [0.5, 0.6) is 0 Å². The Morgan fingerprint density at radius 1 is 0.743 bits per heavy atom. The van der Waals surface area contributed by atoms with Crippen LogP contribution in [0.2, 0.25) is 0 Å². The van der Waals surface area contributed by atoms with Crippen LogP contribution in [0.15, 0.2) is 96.1 Å². The van der Waals surface area contributed by atoms with E-state index in [2.05, 4.69) is 10.0 Å². The molecule has 0 aliphatic carbocycles. The van der Waals surface area contributed by atoms with E-state index in [1.54, 1.807) is 0 Å². The van der Waals surface area contributed by atoms with Crippen LogP contribution >= 0.6 is 0 Å². The Morgan fingerprint density at radius 2 is 1.23 bits per heavy atom. The van der Waals surface area contributed by atoms with Crippen molar-refractivity contribution in [2.45, 2.75) is 50.5 Å². The minimum Gasteiger partial charge on any atom is -0.387 e. The molecule has 4 rings (SSSR count). The van der Waals surface area contributed by atoms with Crippen molar-refractivity contribution < 1.29 is 24.1 Å². The average Bonchev–Trinajstić information content (AvgIpc) is 2.90. The van der Waals surface area contributed by atoms with E-state index in [0.717, 1.165) is 16.7 Å². The van der Waals surface area contributed by atoms with E-state index >= 15 is 0 Å². The van der Waals surface area contributed by atoms with Crippen LogP contribution in [0.4, 0.5) is 0 Å². The fraction of sp³-hybridized carbons (Fsp3) is 0.333. The van der Waals surface area contributed by atoms with Crippen LogP contribution in [0.25, 0.3) is 10.4 Å². The normalized spacial score (nSPS) is 24.0. The van der Waals surface area contributed by atoms with Crippen LogP contribution in [-0.4, -0.2) is 42.4 Å². The molecule has 8 heteroatoms. The number of hydrogen-bond acceptors (Lipinski definition) is 6. The summed E-state index contributed by atoms with van der Waals surface area (Å²) in [5.74, 6) is 0. The highest BCUT2D eigenvalue weighted by Gasteiger charge is 2.46. The smallest absolute Gasteiger partial charge is 0.165 e. The molecule has 0 unspecified atom stereocenters. The van der Waals surface area contributed by atoms with Crippen molar-refractivity contribution in [3.05, 3.63) is 118 Å². The molecule has 1 fully saturated rings. The molecule has 1 N–H and O–H groups in total. The van der Waals surface area contributed by atoms with E-state index in [1.807, 2.05) is 91.0 Å². The molecule has 8 nitrogen and oxygen atoms in total. The molecule has 1 aliphatic rings. The van der Waals surface area contributed by atoms with E-state index in [1.165, 1.54) is 0 Å². The van der Waals surface area contributed by atoms with Gasteiger partial charge in [0.1, 0.15) is 24.4 Å². The first-order valence-electron chi connectivity index (χ1n) is 11.5. The van der Waals surface area contributed by atoms with Gasteiger partial charge in [-0.25, -0.2) is 0 Å². The lowest BCUT2D eigenvalue weighted by atomic mass is 9.97. The molecular formula is C27H29N3O5. The van der Waals surface area contributed by atoms with Gasteiger partial charge in [0.2, 0.25) is 0 Å². The molecule has 5 atom stereocenters. The Bertz CT molecular complexity index is 1060. The molecule has 1 saturated heterocycles. The minimum absolute atomic E-state index is 0.170. The summed E-state index contributed by atoms with van der Waals surface area (Å²) in [7, 11) is 0. The molecule has 3 aromatic rings. The summed E-state index contributed by atoms with van der Waals surface area (Å²) in [4.78, 5) is 2.85. The highest BCUT2D eigenvalue weighted by Crippen LogP contribution is 2.29. The number of hydrogen-bond donors (Lipinski definition) is 1. The third kappa shape index (κ3) is 7.13. The van der Waals surface area contributed by atoms with Gasteiger partial charge >= 0.3 is 0 Å². The second kappa shape index (κ2) is 13.0. The predicted molar refractivity (Wildman–Crippen MR) is 130 cm³/mol. The first kappa shape index (κ1) is 24.9. The summed E-state index contributed by atoms with van der Waals surface area (Å²) in [5.41, 5.74) is 12.0. The second-order valence-electron chi connectivity index (χ2n) is 8.28.